The van der Waals surface area contributed by atoms with Crippen LogP contribution in [-0.4, -0.2) is 25.4 Å². The van der Waals surface area contributed by atoms with Crippen LogP contribution in [0.3, 0.4) is 0 Å². The Labute approximate surface area is 200 Å². The van der Waals surface area contributed by atoms with Crippen LogP contribution in [0.15, 0.2) is 53.5 Å². The molecule has 180 valence electrons. The summed E-state index contributed by atoms with van der Waals surface area (Å²) in [5.41, 5.74) is 2.39. The number of hydrogen-bond acceptors (Lipinski definition) is 4. The van der Waals surface area contributed by atoms with E-state index >= 15 is 0 Å². The smallest absolute Gasteiger partial charge is 0.338 e. The number of unbranched alkanes of at least 4 members (excludes halogenated alkanes) is 9. The van der Waals surface area contributed by atoms with Gasteiger partial charge in [-0.3, -0.25) is 4.99 Å². The first-order valence-electron chi connectivity index (χ1n) is 12.8. The number of esters is 1. The van der Waals surface area contributed by atoms with Crippen molar-refractivity contribution in [3.63, 3.8) is 0 Å². The summed E-state index contributed by atoms with van der Waals surface area (Å²) < 4.78 is 11.2. The first-order valence-corrected chi connectivity index (χ1v) is 12.8. The first-order chi connectivity index (χ1) is 16.2. The molecular formula is C29H41NO3. The van der Waals surface area contributed by atoms with Crippen molar-refractivity contribution in [1.82, 2.24) is 0 Å². The number of nitrogens with zero attached hydrogens (tertiary/aromatic N) is 1. The predicted octanol–water partition coefficient (Wildman–Crippen LogP) is 8.30. The third-order valence-electron chi connectivity index (χ3n) is 5.59. The fourth-order valence-corrected chi connectivity index (χ4v) is 3.51. The average Bonchev–Trinajstić information content (AvgIpc) is 2.85. The summed E-state index contributed by atoms with van der Waals surface area (Å²) >= 11 is 0. The van der Waals surface area contributed by atoms with Crippen LogP contribution in [-0.2, 0) is 4.74 Å². The summed E-state index contributed by atoms with van der Waals surface area (Å²) in [5, 5.41) is 0. The number of carbonyl (C=O) groups excluding carboxylic acids is 1. The molecule has 0 heterocycles. The molecule has 0 saturated heterocycles. The van der Waals surface area contributed by atoms with Crippen molar-refractivity contribution in [2.75, 3.05) is 13.2 Å². The largest absolute Gasteiger partial charge is 0.494 e. The molecule has 0 aliphatic heterocycles. The molecular weight excluding hydrogens is 410 g/mol. The van der Waals surface area contributed by atoms with Crippen LogP contribution in [0.1, 0.15) is 100 Å². The Hall–Kier alpha value is -2.62. The second-order valence-corrected chi connectivity index (χ2v) is 8.54. The standard InChI is InChI=1S/C29H41NO3/c1-3-5-7-9-10-11-13-23-33-29(31)26-16-14-25(15-17-26)24-30-27-18-20-28(21-19-27)32-22-12-8-6-4-2/h14-21,24H,3-13,22-23H2,1-2H3. The Morgan fingerprint density at radius 2 is 1.30 bits per heavy atom. The van der Waals surface area contributed by atoms with Crippen LogP contribution in [0.2, 0.25) is 0 Å². The highest BCUT2D eigenvalue weighted by molar-refractivity contribution is 5.91. The van der Waals surface area contributed by atoms with E-state index in [9.17, 15) is 4.79 Å². The third-order valence-corrected chi connectivity index (χ3v) is 5.59. The molecule has 0 unspecified atom stereocenters. The molecule has 0 bridgehead atoms. The van der Waals surface area contributed by atoms with Crippen LogP contribution < -0.4 is 4.74 Å². The quantitative estimate of drug-likeness (QED) is 0.138. The van der Waals surface area contributed by atoms with Crippen LogP contribution >= 0.6 is 0 Å². The van der Waals surface area contributed by atoms with Gasteiger partial charge in [0.25, 0.3) is 0 Å². The Morgan fingerprint density at radius 3 is 1.97 bits per heavy atom. The summed E-state index contributed by atoms with van der Waals surface area (Å²) in [5.74, 6) is 0.625. The van der Waals surface area contributed by atoms with Crippen molar-refractivity contribution in [2.24, 2.45) is 4.99 Å². The SMILES string of the molecule is CCCCCCCCCOC(=O)c1ccc(C=Nc2ccc(OCCCCCC)cc2)cc1. The summed E-state index contributed by atoms with van der Waals surface area (Å²) in [6.45, 7) is 5.69. The van der Waals surface area contributed by atoms with E-state index in [0.29, 0.717) is 12.2 Å². The Bertz CT molecular complexity index is 797. The second-order valence-electron chi connectivity index (χ2n) is 8.54. The second kappa shape index (κ2) is 16.9. The summed E-state index contributed by atoms with van der Waals surface area (Å²) in [4.78, 5) is 16.7. The molecule has 0 N–H and O–H groups in total. The van der Waals surface area contributed by atoms with E-state index in [1.54, 1.807) is 18.3 Å². The average molecular weight is 452 g/mol. The van der Waals surface area contributed by atoms with Gasteiger partial charge in [0, 0.05) is 6.21 Å². The van der Waals surface area contributed by atoms with Crippen molar-refractivity contribution in [1.29, 1.82) is 0 Å². The Kier molecular flexibility index (Phi) is 13.7. The van der Waals surface area contributed by atoms with Gasteiger partial charge in [0.1, 0.15) is 5.75 Å². The highest BCUT2D eigenvalue weighted by Gasteiger charge is 2.06. The maximum Gasteiger partial charge on any atom is 0.338 e. The van der Waals surface area contributed by atoms with E-state index in [4.69, 9.17) is 9.47 Å². The lowest BCUT2D eigenvalue weighted by Gasteiger charge is -2.06. The molecule has 0 aliphatic carbocycles. The number of carbonyl (C=O) groups is 1. The molecule has 0 radical (unpaired) electrons. The number of ether oxygens (including phenoxy) is 2. The fourth-order valence-electron chi connectivity index (χ4n) is 3.51. The number of aliphatic imine (C=N–C) groups is 1. The predicted molar refractivity (Wildman–Crippen MR) is 138 cm³/mol. The van der Waals surface area contributed by atoms with Gasteiger partial charge in [0.2, 0.25) is 0 Å². The molecule has 0 spiro atoms. The van der Waals surface area contributed by atoms with E-state index < -0.39 is 0 Å². The van der Waals surface area contributed by atoms with Crippen molar-refractivity contribution in [3.05, 3.63) is 59.7 Å². The Balaban J connectivity index is 1.69. The maximum absolute atomic E-state index is 12.2. The summed E-state index contributed by atoms with van der Waals surface area (Å²) in [6.07, 6.45) is 15.1. The minimum Gasteiger partial charge on any atom is -0.494 e. The fraction of sp³-hybridized carbons (Fsp3) is 0.517. The zero-order chi connectivity index (χ0) is 23.6. The summed E-state index contributed by atoms with van der Waals surface area (Å²) in [6, 6.07) is 15.2. The van der Waals surface area contributed by atoms with E-state index in [0.717, 1.165) is 42.9 Å². The zero-order valence-electron chi connectivity index (χ0n) is 20.6. The van der Waals surface area contributed by atoms with Gasteiger partial charge < -0.3 is 9.47 Å². The van der Waals surface area contributed by atoms with Gasteiger partial charge in [-0.1, -0.05) is 83.8 Å². The van der Waals surface area contributed by atoms with Crippen LogP contribution in [0.4, 0.5) is 5.69 Å². The third kappa shape index (κ3) is 11.7. The highest BCUT2D eigenvalue weighted by atomic mass is 16.5. The van der Waals surface area contributed by atoms with Crippen molar-refractivity contribution in [3.8, 4) is 5.75 Å². The molecule has 0 amide bonds. The summed E-state index contributed by atoms with van der Waals surface area (Å²) in [7, 11) is 0. The number of rotatable bonds is 17. The van der Waals surface area contributed by atoms with E-state index in [2.05, 4.69) is 18.8 Å². The molecule has 0 aliphatic rings. The monoisotopic (exact) mass is 451 g/mol. The lowest BCUT2D eigenvalue weighted by Crippen LogP contribution is -2.06. The van der Waals surface area contributed by atoms with Crippen LogP contribution in [0.5, 0.6) is 5.75 Å². The minimum absolute atomic E-state index is 0.255. The number of hydrogen-bond donors (Lipinski definition) is 0. The van der Waals surface area contributed by atoms with Crippen molar-refractivity contribution in [2.45, 2.75) is 84.5 Å². The van der Waals surface area contributed by atoms with E-state index in [-0.39, 0.29) is 5.97 Å². The molecule has 2 aromatic rings. The van der Waals surface area contributed by atoms with E-state index in [1.807, 2.05) is 36.4 Å². The van der Waals surface area contributed by atoms with Gasteiger partial charge in [0.05, 0.1) is 24.5 Å². The molecule has 0 fully saturated rings. The molecule has 0 aromatic heterocycles. The van der Waals surface area contributed by atoms with Gasteiger partial charge in [-0.25, -0.2) is 4.79 Å². The first kappa shape index (κ1) is 26.6. The molecule has 0 atom stereocenters. The Morgan fingerprint density at radius 1 is 0.727 bits per heavy atom. The van der Waals surface area contributed by atoms with E-state index in [1.165, 1.54) is 51.4 Å². The molecule has 2 aromatic carbocycles. The topological polar surface area (TPSA) is 47.9 Å². The maximum atomic E-state index is 12.2. The molecule has 33 heavy (non-hydrogen) atoms. The molecule has 4 nitrogen and oxygen atoms in total. The van der Waals surface area contributed by atoms with Crippen molar-refractivity contribution >= 4 is 17.9 Å². The van der Waals surface area contributed by atoms with Gasteiger partial charge in [-0.05, 0) is 54.8 Å². The highest BCUT2D eigenvalue weighted by Crippen LogP contribution is 2.19. The van der Waals surface area contributed by atoms with Crippen molar-refractivity contribution < 1.29 is 14.3 Å². The normalized spacial score (nSPS) is 11.1. The van der Waals surface area contributed by atoms with Crippen LogP contribution in [0.25, 0.3) is 0 Å². The number of benzene rings is 2. The van der Waals surface area contributed by atoms with Gasteiger partial charge in [-0.2, -0.15) is 0 Å². The van der Waals surface area contributed by atoms with Gasteiger partial charge in [-0.15, -0.1) is 0 Å². The molecule has 4 heteroatoms. The zero-order valence-corrected chi connectivity index (χ0v) is 20.6. The van der Waals surface area contributed by atoms with Gasteiger partial charge >= 0.3 is 5.97 Å². The molecule has 2 rings (SSSR count). The minimum atomic E-state index is -0.255. The lowest BCUT2D eigenvalue weighted by atomic mass is 10.1. The van der Waals surface area contributed by atoms with Crippen LogP contribution in [0, 0.1) is 0 Å². The molecule has 0 saturated carbocycles. The lowest BCUT2D eigenvalue weighted by molar-refractivity contribution is 0.0497. The van der Waals surface area contributed by atoms with Gasteiger partial charge in [0.15, 0.2) is 0 Å².